The van der Waals surface area contributed by atoms with E-state index in [0.29, 0.717) is 0 Å². The van der Waals surface area contributed by atoms with E-state index in [1.165, 1.54) is 30.9 Å². The van der Waals surface area contributed by atoms with Gasteiger partial charge in [-0.1, -0.05) is 37.5 Å². The lowest BCUT2D eigenvalue weighted by molar-refractivity contribution is 0.495. The van der Waals surface area contributed by atoms with Gasteiger partial charge in [0.25, 0.3) is 0 Å². The van der Waals surface area contributed by atoms with Gasteiger partial charge < -0.3 is 5.32 Å². The van der Waals surface area contributed by atoms with Crippen molar-refractivity contribution in [2.75, 3.05) is 6.54 Å². The third-order valence-electron chi connectivity index (χ3n) is 3.98. The van der Waals surface area contributed by atoms with E-state index in [1.54, 1.807) is 6.07 Å². The summed E-state index contributed by atoms with van der Waals surface area (Å²) in [5.41, 5.74) is 2.07. The number of hydrogen-bond acceptors (Lipinski definition) is 1. The molecule has 0 radical (unpaired) electrons. The molecule has 0 aromatic heterocycles. The van der Waals surface area contributed by atoms with Gasteiger partial charge >= 0.3 is 0 Å². The van der Waals surface area contributed by atoms with Gasteiger partial charge in [0.15, 0.2) is 11.6 Å². The van der Waals surface area contributed by atoms with Gasteiger partial charge in [0.05, 0.1) is 10.5 Å². The molecule has 0 saturated heterocycles. The third kappa shape index (κ3) is 4.13. The van der Waals surface area contributed by atoms with Gasteiger partial charge in [0.1, 0.15) is 0 Å². The van der Waals surface area contributed by atoms with Crippen LogP contribution < -0.4 is 5.32 Å². The maximum atomic E-state index is 13.8. The SMILES string of the molecule is CCNC(/C1=C/CCCCCC1)c1ccc(F)c(F)c1Br. The molecule has 0 bridgehead atoms. The average Bonchev–Trinajstić information content (AvgIpc) is 2.43. The normalized spacial score (nSPS) is 20.3. The lowest BCUT2D eigenvalue weighted by atomic mass is 9.91. The standard InChI is InChI=1S/C17H22BrF2N/c1-2-21-17(12-8-6-4-3-5-7-9-12)13-10-11-14(19)16(20)15(13)18/h8,10-11,17,21H,2-7,9H2,1H3/b12-8+. The Bertz CT molecular complexity index is 514. The van der Waals surface area contributed by atoms with Crippen molar-refractivity contribution in [2.24, 2.45) is 0 Å². The topological polar surface area (TPSA) is 12.0 Å². The average molecular weight is 358 g/mol. The quantitative estimate of drug-likeness (QED) is 0.541. The van der Waals surface area contributed by atoms with Crippen LogP contribution in [0.25, 0.3) is 0 Å². The van der Waals surface area contributed by atoms with Gasteiger partial charge in [-0.25, -0.2) is 8.78 Å². The van der Waals surface area contributed by atoms with E-state index >= 15 is 0 Å². The Morgan fingerprint density at radius 3 is 2.71 bits per heavy atom. The van der Waals surface area contributed by atoms with Crippen molar-refractivity contribution in [3.63, 3.8) is 0 Å². The smallest absolute Gasteiger partial charge is 0.173 e. The Kier molecular flexibility index (Phi) is 6.37. The highest BCUT2D eigenvalue weighted by atomic mass is 79.9. The molecule has 0 spiro atoms. The fraction of sp³-hybridized carbons (Fsp3) is 0.529. The molecule has 21 heavy (non-hydrogen) atoms. The van der Waals surface area contributed by atoms with Crippen LogP contribution in [-0.2, 0) is 0 Å². The van der Waals surface area contributed by atoms with E-state index < -0.39 is 11.6 Å². The molecule has 0 heterocycles. The monoisotopic (exact) mass is 357 g/mol. The predicted octanol–water partition coefficient (Wildman–Crippen LogP) is 5.66. The molecule has 2 rings (SSSR count). The van der Waals surface area contributed by atoms with Crippen molar-refractivity contribution in [3.05, 3.63) is 45.5 Å². The van der Waals surface area contributed by atoms with Gasteiger partial charge in [-0.15, -0.1) is 0 Å². The number of halogens is 3. The first kappa shape index (κ1) is 16.6. The van der Waals surface area contributed by atoms with Crippen molar-refractivity contribution >= 4 is 15.9 Å². The lowest BCUT2D eigenvalue weighted by Gasteiger charge is -2.25. The fourth-order valence-electron chi connectivity index (χ4n) is 2.89. The third-order valence-corrected chi connectivity index (χ3v) is 4.79. The number of hydrogen-bond donors (Lipinski definition) is 1. The van der Waals surface area contributed by atoms with E-state index in [1.807, 2.05) is 6.92 Å². The summed E-state index contributed by atoms with van der Waals surface area (Å²) in [6, 6.07) is 2.84. The molecule has 4 heteroatoms. The molecule has 1 aromatic carbocycles. The van der Waals surface area contributed by atoms with E-state index in [2.05, 4.69) is 27.3 Å². The van der Waals surface area contributed by atoms with Crippen LogP contribution in [0, 0.1) is 11.6 Å². The minimum atomic E-state index is -0.812. The largest absolute Gasteiger partial charge is 0.307 e. The molecule has 1 nitrogen and oxygen atoms in total. The van der Waals surface area contributed by atoms with Crippen molar-refractivity contribution in [3.8, 4) is 0 Å². The molecule has 1 aliphatic carbocycles. The minimum absolute atomic E-state index is 0.0439. The minimum Gasteiger partial charge on any atom is -0.307 e. The Hall–Kier alpha value is -0.740. The molecule has 0 saturated carbocycles. The molecule has 1 aliphatic rings. The summed E-state index contributed by atoms with van der Waals surface area (Å²) in [5.74, 6) is -1.62. The Labute approximate surface area is 133 Å². The number of likely N-dealkylation sites (N-methyl/N-ethyl adjacent to an activating group) is 1. The van der Waals surface area contributed by atoms with Crippen LogP contribution in [-0.4, -0.2) is 6.54 Å². The highest BCUT2D eigenvalue weighted by molar-refractivity contribution is 9.10. The van der Waals surface area contributed by atoms with Crippen LogP contribution in [0.4, 0.5) is 8.78 Å². The number of allylic oxidation sites excluding steroid dienone is 1. The second-order valence-corrected chi connectivity index (χ2v) is 6.28. The van der Waals surface area contributed by atoms with Gasteiger partial charge in [0, 0.05) is 0 Å². The predicted molar refractivity (Wildman–Crippen MR) is 86.3 cm³/mol. The zero-order valence-electron chi connectivity index (χ0n) is 12.4. The molecular weight excluding hydrogens is 336 g/mol. The van der Waals surface area contributed by atoms with Crippen LogP contribution in [0.1, 0.15) is 57.1 Å². The molecule has 116 valence electrons. The maximum Gasteiger partial charge on any atom is 0.173 e. The van der Waals surface area contributed by atoms with E-state index in [-0.39, 0.29) is 10.5 Å². The summed E-state index contributed by atoms with van der Waals surface area (Å²) in [6.07, 6.45) is 9.26. The summed E-state index contributed by atoms with van der Waals surface area (Å²) in [7, 11) is 0. The van der Waals surface area contributed by atoms with Crippen molar-refractivity contribution in [1.82, 2.24) is 5.32 Å². The first-order valence-corrected chi connectivity index (χ1v) is 8.50. The summed E-state index contributed by atoms with van der Waals surface area (Å²) in [6.45, 7) is 2.82. The lowest BCUT2D eigenvalue weighted by Crippen LogP contribution is -2.24. The number of benzene rings is 1. The highest BCUT2D eigenvalue weighted by Gasteiger charge is 2.21. The molecule has 1 atom stereocenters. The van der Waals surface area contributed by atoms with Crippen LogP contribution in [0.15, 0.2) is 28.3 Å². The molecule has 1 aromatic rings. The van der Waals surface area contributed by atoms with E-state index in [4.69, 9.17) is 0 Å². The molecular formula is C17H22BrF2N. The van der Waals surface area contributed by atoms with Gasteiger partial charge in [-0.2, -0.15) is 0 Å². The van der Waals surface area contributed by atoms with Gasteiger partial charge in [-0.3, -0.25) is 0 Å². The van der Waals surface area contributed by atoms with Crippen LogP contribution in [0.3, 0.4) is 0 Å². The molecule has 1 N–H and O–H groups in total. The zero-order valence-corrected chi connectivity index (χ0v) is 14.0. The van der Waals surface area contributed by atoms with Gasteiger partial charge in [0.2, 0.25) is 0 Å². The molecule has 0 aliphatic heterocycles. The second-order valence-electron chi connectivity index (χ2n) is 5.49. The Morgan fingerprint density at radius 1 is 1.19 bits per heavy atom. The molecule has 0 amide bonds. The number of rotatable bonds is 4. The Balaban J connectivity index is 2.36. The summed E-state index contributed by atoms with van der Waals surface area (Å²) in [4.78, 5) is 0. The second kappa shape index (κ2) is 8.04. The summed E-state index contributed by atoms with van der Waals surface area (Å²) >= 11 is 3.22. The van der Waals surface area contributed by atoms with Crippen molar-refractivity contribution in [2.45, 2.75) is 51.5 Å². The summed E-state index contributed by atoms with van der Waals surface area (Å²) in [5, 5.41) is 3.42. The maximum absolute atomic E-state index is 13.8. The zero-order chi connectivity index (χ0) is 15.2. The van der Waals surface area contributed by atoms with Crippen molar-refractivity contribution in [1.29, 1.82) is 0 Å². The van der Waals surface area contributed by atoms with Gasteiger partial charge in [-0.05, 0) is 59.8 Å². The van der Waals surface area contributed by atoms with E-state index in [9.17, 15) is 8.78 Å². The first-order chi connectivity index (χ1) is 10.1. The highest BCUT2D eigenvalue weighted by Crippen LogP contribution is 2.34. The van der Waals surface area contributed by atoms with E-state index in [0.717, 1.165) is 31.4 Å². The molecule has 1 unspecified atom stereocenters. The molecule has 0 fully saturated rings. The summed E-state index contributed by atoms with van der Waals surface area (Å²) < 4.78 is 27.4. The number of nitrogens with one attached hydrogen (secondary N) is 1. The van der Waals surface area contributed by atoms with Crippen LogP contribution in [0.2, 0.25) is 0 Å². The van der Waals surface area contributed by atoms with Crippen LogP contribution in [0.5, 0.6) is 0 Å². The van der Waals surface area contributed by atoms with Crippen molar-refractivity contribution < 1.29 is 8.78 Å². The van der Waals surface area contributed by atoms with Crippen LogP contribution >= 0.6 is 15.9 Å². The Morgan fingerprint density at radius 2 is 1.95 bits per heavy atom. The first-order valence-electron chi connectivity index (χ1n) is 7.70. The fourth-order valence-corrected chi connectivity index (χ4v) is 3.44.